The Balaban J connectivity index is 1.79. The third-order valence-electron chi connectivity index (χ3n) is 4.97. The van der Waals surface area contributed by atoms with Crippen molar-refractivity contribution in [2.45, 2.75) is 36.6 Å². The standard InChI is InChI=1S/C20H26N4O5S2/c1-29-16-8-7-14(12-18(16)31(27,28)24-9-3-2-4-10-24)22-19(25)13-15(23-20(21)26)17-6-5-11-30-17/h5-8,11-12,15H,2-4,9-10,13H2,1H3,(H,22,25)(H3,21,23,26). The molecule has 0 aliphatic carbocycles. The van der Waals surface area contributed by atoms with E-state index in [0.29, 0.717) is 18.8 Å². The Labute approximate surface area is 185 Å². The van der Waals surface area contributed by atoms with Crippen LogP contribution in [-0.4, -0.2) is 44.9 Å². The molecule has 1 atom stereocenters. The van der Waals surface area contributed by atoms with Gasteiger partial charge in [-0.2, -0.15) is 4.31 Å². The van der Waals surface area contributed by atoms with Crippen LogP contribution in [0.1, 0.15) is 36.6 Å². The van der Waals surface area contributed by atoms with Gasteiger partial charge in [0.2, 0.25) is 15.9 Å². The highest BCUT2D eigenvalue weighted by atomic mass is 32.2. The van der Waals surface area contributed by atoms with Crippen molar-refractivity contribution >= 4 is 39.0 Å². The van der Waals surface area contributed by atoms with E-state index in [4.69, 9.17) is 10.5 Å². The summed E-state index contributed by atoms with van der Waals surface area (Å²) in [5, 5.41) is 7.11. The first kappa shape index (κ1) is 23.0. The quantitative estimate of drug-likeness (QED) is 0.550. The predicted molar refractivity (Wildman–Crippen MR) is 119 cm³/mol. The molecule has 3 rings (SSSR count). The van der Waals surface area contributed by atoms with Gasteiger partial charge in [-0.1, -0.05) is 12.5 Å². The predicted octanol–water partition coefficient (Wildman–Crippen LogP) is 2.67. The van der Waals surface area contributed by atoms with Gasteiger partial charge in [0, 0.05) is 23.7 Å². The fourth-order valence-electron chi connectivity index (χ4n) is 3.48. The van der Waals surface area contributed by atoms with Crippen molar-refractivity contribution in [1.29, 1.82) is 0 Å². The van der Waals surface area contributed by atoms with Gasteiger partial charge in [-0.25, -0.2) is 13.2 Å². The van der Waals surface area contributed by atoms with Crippen molar-refractivity contribution < 1.29 is 22.7 Å². The smallest absolute Gasteiger partial charge is 0.312 e. The van der Waals surface area contributed by atoms with Crippen LogP contribution in [0.4, 0.5) is 10.5 Å². The number of methoxy groups -OCH3 is 1. The van der Waals surface area contributed by atoms with E-state index in [9.17, 15) is 18.0 Å². The van der Waals surface area contributed by atoms with Crippen LogP contribution >= 0.6 is 11.3 Å². The van der Waals surface area contributed by atoms with E-state index in [-0.39, 0.29) is 17.1 Å². The molecule has 9 nitrogen and oxygen atoms in total. The molecule has 1 aromatic carbocycles. The highest BCUT2D eigenvalue weighted by Crippen LogP contribution is 2.31. The number of carbonyl (C=O) groups excluding carboxylic acids is 2. The number of sulfonamides is 1. The molecular weight excluding hydrogens is 440 g/mol. The maximum Gasteiger partial charge on any atom is 0.312 e. The third kappa shape index (κ3) is 5.75. The Hall–Kier alpha value is -2.63. The van der Waals surface area contributed by atoms with E-state index in [2.05, 4.69) is 10.6 Å². The lowest BCUT2D eigenvalue weighted by Crippen LogP contribution is -2.36. The van der Waals surface area contributed by atoms with Crippen LogP contribution in [0.15, 0.2) is 40.6 Å². The summed E-state index contributed by atoms with van der Waals surface area (Å²) >= 11 is 1.40. The number of anilines is 1. The Morgan fingerprint density at radius 3 is 2.58 bits per heavy atom. The van der Waals surface area contributed by atoms with Gasteiger partial charge in [0.1, 0.15) is 10.6 Å². The number of rotatable bonds is 8. The first-order chi connectivity index (χ1) is 14.8. The van der Waals surface area contributed by atoms with Crippen LogP contribution in [0.2, 0.25) is 0 Å². The van der Waals surface area contributed by atoms with Gasteiger partial charge in [-0.15, -0.1) is 11.3 Å². The van der Waals surface area contributed by atoms with E-state index in [1.807, 2.05) is 11.4 Å². The Morgan fingerprint density at radius 2 is 1.97 bits per heavy atom. The molecular formula is C20H26N4O5S2. The molecule has 2 aromatic rings. The summed E-state index contributed by atoms with van der Waals surface area (Å²) in [5.74, 6) is -0.172. The van der Waals surface area contributed by atoms with Gasteiger partial charge >= 0.3 is 6.03 Å². The number of nitrogens with one attached hydrogen (secondary N) is 2. The monoisotopic (exact) mass is 466 g/mol. The van der Waals surface area contributed by atoms with E-state index in [1.54, 1.807) is 12.1 Å². The van der Waals surface area contributed by atoms with Gasteiger partial charge in [0.15, 0.2) is 0 Å². The highest BCUT2D eigenvalue weighted by Gasteiger charge is 2.29. The Morgan fingerprint density at radius 1 is 1.23 bits per heavy atom. The van der Waals surface area contributed by atoms with Crippen LogP contribution in [0.5, 0.6) is 5.75 Å². The number of nitrogens with zero attached hydrogens (tertiary/aromatic N) is 1. The molecule has 0 spiro atoms. The van der Waals surface area contributed by atoms with Crippen molar-refractivity contribution in [2.75, 3.05) is 25.5 Å². The second kappa shape index (κ2) is 10.1. The summed E-state index contributed by atoms with van der Waals surface area (Å²) in [6.45, 7) is 0.923. The molecule has 168 valence electrons. The van der Waals surface area contributed by atoms with Crippen LogP contribution in [0.25, 0.3) is 0 Å². The average molecular weight is 467 g/mol. The lowest BCUT2D eigenvalue weighted by Gasteiger charge is -2.26. The number of piperidine rings is 1. The summed E-state index contributed by atoms with van der Waals surface area (Å²) in [6, 6.07) is 6.81. The van der Waals surface area contributed by atoms with Crippen molar-refractivity contribution in [3.63, 3.8) is 0 Å². The lowest BCUT2D eigenvalue weighted by molar-refractivity contribution is -0.116. The number of hydrogen-bond donors (Lipinski definition) is 3. The summed E-state index contributed by atoms with van der Waals surface area (Å²) in [6.07, 6.45) is 2.58. The number of nitrogens with two attached hydrogens (primary N) is 1. The number of thiophene rings is 1. The largest absolute Gasteiger partial charge is 0.495 e. The van der Waals surface area contributed by atoms with Gasteiger partial charge < -0.3 is 21.1 Å². The molecule has 1 saturated heterocycles. The lowest BCUT2D eigenvalue weighted by atomic mass is 10.1. The Bertz CT molecular complexity index is 1020. The normalized spacial score (nSPS) is 15.8. The van der Waals surface area contributed by atoms with E-state index < -0.39 is 28.0 Å². The van der Waals surface area contributed by atoms with E-state index in [1.165, 1.54) is 34.9 Å². The number of urea groups is 1. The minimum Gasteiger partial charge on any atom is -0.495 e. The average Bonchev–Trinajstić information content (AvgIpc) is 3.28. The molecule has 1 fully saturated rings. The molecule has 3 amide bonds. The molecule has 0 radical (unpaired) electrons. The molecule has 2 heterocycles. The van der Waals surface area contributed by atoms with Crippen LogP contribution in [0, 0.1) is 0 Å². The number of amides is 3. The highest BCUT2D eigenvalue weighted by molar-refractivity contribution is 7.89. The summed E-state index contributed by atoms with van der Waals surface area (Å²) in [7, 11) is -2.35. The minimum absolute atomic E-state index is 0.0137. The van der Waals surface area contributed by atoms with Crippen LogP contribution in [-0.2, 0) is 14.8 Å². The van der Waals surface area contributed by atoms with Gasteiger partial charge in [0.25, 0.3) is 0 Å². The summed E-state index contributed by atoms with van der Waals surface area (Å²) in [4.78, 5) is 24.7. The number of primary amides is 1. The molecule has 31 heavy (non-hydrogen) atoms. The van der Waals surface area contributed by atoms with E-state index in [0.717, 1.165) is 24.1 Å². The number of hydrogen-bond acceptors (Lipinski definition) is 6. The molecule has 0 saturated carbocycles. The van der Waals surface area contributed by atoms with Crippen molar-refractivity contribution in [1.82, 2.24) is 9.62 Å². The maximum atomic E-state index is 13.1. The molecule has 1 aliphatic heterocycles. The second-order valence-electron chi connectivity index (χ2n) is 7.16. The summed E-state index contributed by atoms with van der Waals surface area (Å²) in [5.41, 5.74) is 5.56. The van der Waals surface area contributed by atoms with Crippen molar-refractivity contribution in [2.24, 2.45) is 5.73 Å². The zero-order valence-corrected chi connectivity index (χ0v) is 18.8. The molecule has 1 aromatic heterocycles. The topological polar surface area (TPSA) is 131 Å². The van der Waals surface area contributed by atoms with Gasteiger partial charge in [-0.3, -0.25) is 4.79 Å². The van der Waals surface area contributed by atoms with Crippen molar-refractivity contribution in [3.8, 4) is 5.75 Å². The first-order valence-electron chi connectivity index (χ1n) is 9.88. The number of carbonyl (C=O) groups is 2. The van der Waals surface area contributed by atoms with Crippen LogP contribution < -0.4 is 21.1 Å². The first-order valence-corrected chi connectivity index (χ1v) is 12.2. The molecule has 0 bridgehead atoms. The zero-order valence-electron chi connectivity index (χ0n) is 17.2. The van der Waals surface area contributed by atoms with Crippen molar-refractivity contribution in [3.05, 3.63) is 40.6 Å². The maximum absolute atomic E-state index is 13.1. The minimum atomic E-state index is -3.75. The van der Waals surface area contributed by atoms with Crippen LogP contribution in [0.3, 0.4) is 0 Å². The molecule has 11 heteroatoms. The van der Waals surface area contributed by atoms with E-state index >= 15 is 0 Å². The molecule has 4 N–H and O–H groups in total. The third-order valence-corrected chi connectivity index (χ3v) is 7.88. The molecule has 1 unspecified atom stereocenters. The number of benzene rings is 1. The number of ether oxygens (including phenoxy) is 1. The fourth-order valence-corrected chi connectivity index (χ4v) is 5.96. The van der Waals surface area contributed by atoms with Gasteiger partial charge in [0.05, 0.1) is 19.6 Å². The van der Waals surface area contributed by atoms with Gasteiger partial charge in [-0.05, 0) is 42.5 Å². The zero-order chi connectivity index (χ0) is 22.4. The Kier molecular flexibility index (Phi) is 7.52. The summed E-state index contributed by atoms with van der Waals surface area (Å²) < 4.78 is 33.0. The SMILES string of the molecule is COc1ccc(NC(=O)CC(NC(N)=O)c2cccs2)cc1S(=O)(=O)N1CCCCC1. The molecule has 1 aliphatic rings. The fraction of sp³-hybridized carbons (Fsp3) is 0.400. The second-order valence-corrected chi connectivity index (χ2v) is 10.0.